The van der Waals surface area contributed by atoms with Crippen LogP contribution in [0.25, 0.3) is 5.65 Å². The summed E-state index contributed by atoms with van der Waals surface area (Å²) in [5.74, 6) is 0. The van der Waals surface area contributed by atoms with Gasteiger partial charge in [-0.1, -0.05) is 12.2 Å². The highest BCUT2D eigenvalue weighted by Gasteiger charge is 2.30. The molecule has 0 spiro atoms. The van der Waals surface area contributed by atoms with Crippen molar-refractivity contribution in [1.29, 1.82) is 0 Å². The highest BCUT2D eigenvalue weighted by molar-refractivity contribution is 7.80. The lowest BCUT2D eigenvalue weighted by atomic mass is 10.3. The second-order valence-electron chi connectivity index (χ2n) is 3.56. The number of rotatable bonds is 2. The number of thiocarbonyl (C=S) groups is 1. The minimum atomic E-state index is -4.36. The van der Waals surface area contributed by atoms with Gasteiger partial charge in [0.2, 0.25) is 0 Å². The Balaban J connectivity index is 2.44. The second kappa shape index (κ2) is 3.99. The third kappa shape index (κ3) is 2.55. The van der Waals surface area contributed by atoms with E-state index in [4.69, 9.17) is 18.0 Å². The van der Waals surface area contributed by atoms with Gasteiger partial charge < -0.3 is 10.1 Å². The van der Waals surface area contributed by atoms with Gasteiger partial charge in [-0.2, -0.15) is 13.2 Å². The number of fused-ring (bicyclic) bond motifs is 1. The fourth-order valence-corrected chi connectivity index (χ4v) is 1.62. The van der Waals surface area contributed by atoms with E-state index in [1.807, 2.05) is 0 Å². The molecule has 0 aromatic carbocycles. The molecule has 0 bridgehead atoms. The van der Waals surface area contributed by atoms with Crippen molar-refractivity contribution < 1.29 is 13.2 Å². The van der Waals surface area contributed by atoms with Crippen LogP contribution in [0.15, 0.2) is 24.5 Å². The van der Waals surface area contributed by atoms with Gasteiger partial charge in [0, 0.05) is 18.8 Å². The number of hydrogen-bond acceptors (Lipinski definition) is 2. The van der Waals surface area contributed by atoms with E-state index in [0.717, 1.165) is 12.3 Å². The first-order valence-corrected chi connectivity index (χ1v) is 5.10. The van der Waals surface area contributed by atoms with Crippen LogP contribution in [0.4, 0.5) is 13.2 Å². The quantitative estimate of drug-likeness (QED) is 0.841. The molecule has 0 aliphatic carbocycles. The normalized spacial score (nSPS) is 11.9. The van der Waals surface area contributed by atoms with Gasteiger partial charge in [-0.15, -0.1) is 0 Å². The van der Waals surface area contributed by atoms with Crippen molar-refractivity contribution in [3.8, 4) is 0 Å². The second-order valence-corrected chi connectivity index (χ2v) is 4.08. The van der Waals surface area contributed by atoms with Gasteiger partial charge in [-0.3, -0.25) is 0 Å². The standard InChI is InChI=1S/C10H8F3N3S/c11-10(12,13)6-1-2-9-15-7(3-8(14)17)5-16(9)4-6/h1-2,4-5H,3H2,(H2,14,17). The lowest BCUT2D eigenvalue weighted by Crippen LogP contribution is -2.11. The number of alkyl halides is 3. The predicted octanol–water partition coefficient (Wildman–Crippen LogP) is 2.18. The van der Waals surface area contributed by atoms with Crippen molar-refractivity contribution in [2.45, 2.75) is 12.6 Å². The summed E-state index contributed by atoms with van der Waals surface area (Å²) in [6, 6.07) is 2.30. The van der Waals surface area contributed by atoms with Crippen LogP contribution in [-0.4, -0.2) is 14.4 Å². The Morgan fingerprint density at radius 2 is 2.06 bits per heavy atom. The van der Waals surface area contributed by atoms with Crippen molar-refractivity contribution >= 4 is 22.9 Å². The minimum Gasteiger partial charge on any atom is -0.393 e. The summed E-state index contributed by atoms with van der Waals surface area (Å²) in [6.07, 6.45) is -1.60. The monoisotopic (exact) mass is 259 g/mol. The number of pyridine rings is 1. The first-order valence-electron chi connectivity index (χ1n) is 4.69. The lowest BCUT2D eigenvalue weighted by molar-refractivity contribution is -0.137. The van der Waals surface area contributed by atoms with Crippen LogP contribution in [0.2, 0.25) is 0 Å². The number of nitrogens with zero attached hydrogens (tertiary/aromatic N) is 2. The van der Waals surface area contributed by atoms with E-state index < -0.39 is 11.7 Å². The summed E-state index contributed by atoms with van der Waals surface area (Å²) in [5.41, 5.74) is 5.62. The molecule has 0 radical (unpaired) electrons. The van der Waals surface area contributed by atoms with Crippen molar-refractivity contribution in [3.05, 3.63) is 35.8 Å². The molecule has 90 valence electrons. The molecule has 0 saturated heterocycles. The van der Waals surface area contributed by atoms with Gasteiger partial charge in [-0.25, -0.2) is 4.98 Å². The van der Waals surface area contributed by atoms with E-state index in [9.17, 15) is 13.2 Å². The molecule has 2 aromatic rings. The van der Waals surface area contributed by atoms with E-state index in [1.54, 1.807) is 0 Å². The van der Waals surface area contributed by atoms with E-state index >= 15 is 0 Å². The molecule has 2 N–H and O–H groups in total. The van der Waals surface area contributed by atoms with Crippen LogP contribution in [0.5, 0.6) is 0 Å². The zero-order valence-electron chi connectivity index (χ0n) is 8.53. The molecule has 0 aliphatic rings. The van der Waals surface area contributed by atoms with Crippen LogP contribution < -0.4 is 5.73 Å². The number of nitrogens with two attached hydrogens (primary N) is 1. The van der Waals surface area contributed by atoms with Crippen LogP contribution >= 0.6 is 12.2 Å². The summed E-state index contributed by atoms with van der Waals surface area (Å²) >= 11 is 4.72. The third-order valence-electron chi connectivity index (χ3n) is 2.18. The summed E-state index contributed by atoms with van der Waals surface area (Å²) in [6.45, 7) is 0. The average Bonchev–Trinajstić information content (AvgIpc) is 2.55. The Morgan fingerprint density at radius 1 is 1.35 bits per heavy atom. The van der Waals surface area contributed by atoms with E-state index in [2.05, 4.69) is 4.98 Å². The molecule has 2 heterocycles. The smallest absolute Gasteiger partial charge is 0.393 e. The summed E-state index contributed by atoms with van der Waals surface area (Å²) in [5, 5.41) is 0. The molecule has 0 unspecified atom stereocenters. The van der Waals surface area contributed by atoms with Crippen LogP contribution in [0.1, 0.15) is 11.3 Å². The predicted molar refractivity (Wildman–Crippen MR) is 60.7 cm³/mol. The largest absolute Gasteiger partial charge is 0.417 e. The summed E-state index contributed by atoms with van der Waals surface area (Å²) < 4.78 is 38.7. The number of imidazole rings is 1. The molecule has 2 rings (SSSR count). The van der Waals surface area contributed by atoms with Crippen molar-refractivity contribution in [1.82, 2.24) is 9.38 Å². The molecule has 0 fully saturated rings. The number of aromatic nitrogens is 2. The number of hydrogen-bond donors (Lipinski definition) is 1. The zero-order chi connectivity index (χ0) is 12.6. The molecule has 17 heavy (non-hydrogen) atoms. The van der Waals surface area contributed by atoms with E-state index in [1.165, 1.54) is 16.7 Å². The SMILES string of the molecule is NC(=S)Cc1cn2cc(C(F)(F)F)ccc2n1. The first-order chi connectivity index (χ1) is 7.86. The molecule has 7 heteroatoms. The molecule has 2 aromatic heterocycles. The lowest BCUT2D eigenvalue weighted by Gasteiger charge is -2.05. The summed E-state index contributed by atoms with van der Waals surface area (Å²) in [4.78, 5) is 4.36. The highest BCUT2D eigenvalue weighted by atomic mass is 32.1. The Morgan fingerprint density at radius 3 is 2.65 bits per heavy atom. The van der Waals surface area contributed by atoms with E-state index in [-0.39, 0.29) is 11.4 Å². The van der Waals surface area contributed by atoms with Crippen LogP contribution in [-0.2, 0) is 12.6 Å². The molecule has 0 saturated carbocycles. The molecule has 0 atom stereocenters. The Kier molecular flexibility index (Phi) is 2.78. The van der Waals surface area contributed by atoms with Gasteiger partial charge in [-0.05, 0) is 12.1 Å². The van der Waals surface area contributed by atoms with Crippen molar-refractivity contribution in [3.63, 3.8) is 0 Å². The van der Waals surface area contributed by atoms with E-state index in [0.29, 0.717) is 11.3 Å². The molecular weight excluding hydrogens is 251 g/mol. The Bertz CT molecular complexity index is 574. The van der Waals surface area contributed by atoms with Crippen molar-refractivity contribution in [2.75, 3.05) is 0 Å². The maximum Gasteiger partial charge on any atom is 0.417 e. The van der Waals surface area contributed by atoms with Crippen LogP contribution in [0, 0.1) is 0 Å². The highest BCUT2D eigenvalue weighted by Crippen LogP contribution is 2.29. The average molecular weight is 259 g/mol. The first kappa shape index (κ1) is 11.8. The molecule has 3 nitrogen and oxygen atoms in total. The molecular formula is C10H8F3N3S. The van der Waals surface area contributed by atoms with Gasteiger partial charge in [0.1, 0.15) is 5.65 Å². The van der Waals surface area contributed by atoms with Gasteiger partial charge in [0.15, 0.2) is 0 Å². The third-order valence-corrected chi connectivity index (χ3v) is 2.33. The fraction of sp³-hybridized carbons (Fsp3) is 0.200. The van der Waals surface area contributed by atoms with Crippen LogP contribution in [0.3, 0.4) is 0 Å². The minimum absolute atomic E-state index is 0.254. The maximum absolute atomic E-state index is 12.5. The maximum atomic E-state index is 12.5. The molecule has 0 aliphatic heterocycles. The van der Waals surface area contributed by atoms with Gasteiger partial charge in [0.25, 0.3) is 0 Å². The number of halogens is 3. The zero-order valence-corrected chi connectivity index (χ0v) is 9.35. The molecule has 0 amide bonds. The van der Waals surface area contributed by atoms with Crippen molar-refractivity contribution in [2.24, 2.45) is 5.73 Å². The fourth-order valence-electron chi connectivity index (χ4n) is 1.48. The summed E-state index contributed by atoms with van der Waals surface area (Å²) in [7, 11) is 0. The Labute approximate surface area is 100 Å². The van der Waals surface area contributed by atoms with Gasteiger partial charge >= 0.3 is 6.18 Å². The Hall–Kier alpha value is -1.63. The topological polar surface area (TPSA) is 43.3 Å². The van der Waals surface area contributed by atoms with Gasteiger partial charge in [0.05, 0.1) is 16.2 Å².